The van der Waals surface area contributed by atoms with Gasteiger partial charge in [0.25, 0.3) is 0 Å². The maximum atomic E-state index is 12.9. The average molecular weight is 354 g/mol. The fourth-order valence-corrected chi connectivity index (χ4v) is 4.12. The van der Waals surface area contributed by atoms with E-state index in [9.17, 15) is 13.2 Å². The summed E-state index contributed by atoms with van der Waals surface area (Å²) in [7, 11) is -3.79. The lowest BCUT2D eigenvalue weighted by Crippen LogP contribution is -2.28. The van der Waals surface area contributed by atoms with E-state index >= 15 is 0 Å². The standard InChI is InChI=1S/C21H22O3S/c1-16(2)14-21(25(23,24)19-12-8-5-9-13-19)20(22)15-17(3)18-10-6-4-7-11-18/h4-15,21H,1-3H3/b17-15+. The molecule has 0 radical (unpaired) electrons. The van der Waals surface area contributed by atoms with Crippen molar-refractivity contribution in [3.05, 3.63) is 84.0 Å². The van der Waals surface area contributed by atoms with Crippen LogP contribution in [0.5, 0.6) is 0 Å². The number of allylic oxidation sites excluding steroid dienone is 3. The average Bonchev–Trinajstić information content (AvgIpc) is 2.60. The fourth-order valence-electron chi connectivity index (χ4n) is 2.46. The second-order valence-corrected chi connectivity index (χ2v) is 8.19. The molecule has 2 rings (SSSR count). The summed E-state index contributed by atoms with van der Waals surface area (Å²) in [5.41, 5.74) is 2.41. The molecule has 1 atom stereocenters. The van der Waals surface area contributed by atoms with Gasteiger partial charge in [0.2, 0.25) is 0 Å². The highest BCUT2D eigenvalue weighted by atomic mass is 32.2. The summed E-state index contributed by atoms with van der Waals surface area (Å²) < 4.78 is 25.9. The number of carbonyl (C=O) groups is 1. The van der Waals surface area contributed by atoms with Gasteiger partial charge in [0, 0.05) is 0 Å². The molecule has 0 aliphatic carbocycles. The molecule has 0 aliphatic heterocycles. The molecule has 2 aromatic carbocycles. The van der Waals surface area contributed by atoms with E-state index in [0.29, 0.717) is 0 Å². The second kappa shape index (κ2) is 8.08. The van der Waals surface area contributed by atoms with Crippen LogP contribution in [0.1, 0.15) is 26.3 Å². The third-order valence-electron chi connectivity index (χ3n) is 3.76. The highest BCUT2D eigenvalue weighted by molar-refractivity contribution is 7.93. The summed E-state index contributed by atoms with van der Waals surface area (Å²) >= 11 is 0. The van der Waals surface area contributed by atoms with Gasteiger partial charge >= 0.3 is 0 Å². The van der Waals surface area contributed by atoms with Gasteiger partial charge in [-0.15, -0.1) is 0 Å². The van der Waals surface area contributed by atoms with Crippen LogP contribution in [-0.4, -0.2) is 19.5 Å². The Morgan fingerprint density at radius 1 is 0.880 bits per heavy atom. The minimum atomic E-state index is -3.79. The van der Waals surface area contributed by atoms with Crippen LogP contribution in [0.2, 0.25) is 0 Å². The Labute approximate surface area is 149 Å². The van der Waals surface area contributed by atoms with Crippen LogP contribution < -0.4 is 0 Å². The third kappa shape index (κ3) is 4.77. The number of hydrogen-bond acceptors (Lipinski definition) is 3. The Kier molecular flexibility index (Phi) is 6.10. The summed E-state index contributed by atoms with van der Waals surface area (Å²) in [6.45, 7) is 5.38. The second-order valence-electron chi connectivity index (χ2n) is 6.12. The molecule has 3 nitrogen and oxygen atoms in total. The van der Waals surface area contributed by atoms with E-state index in [-0.39, 0.29) is 4.90 Å². The van der Waals surface area contributed by atoms with Crippen LogP contribution in [0.25, 0.3) is 5.57 Å². The van der Waals surface area contributed by atoms with E-state index in [2.05, 4.69) is 0 Å². The molecule has 0 spiro atoms. The first-order valence-electron chi connectivity index (χ1n) is 8.04. The van der Waals surface area contributed by atoms with Gasteiger partial charge in [-0.2, -0.15) is 0 Å². The first-order chi connectivity index (χ1) is 11.8. The summed E-state index contributed by atoms with van der Waals surface area (Å²) in [5.74, 6) is -0.439. The van der Waals surface area contributed by atoms with Gasteiger partial charge in [-0.05, 0) is 50.1 Å². The van der Waals surface area contributed by atoms with Crippen molar-refractivity contribution < 1.29 is 13.2 Å². The predicted molar refractivity (Wildman–Crippen MR) is 102 cm³/mol. The number of carbonyl (C=O) groups excluding carboxylic acids is 1. The summed E-state index contributed by atoms with van der Waals surface area (Å²) in [6, 6.07) is 17.5. The number of ketones is 1. The number of rotatable bonds is 6. The maximum absolute atomic E-state index is 12.9. The third-order valence-corrected chi connectivity index (χ3v) is 5.73. The molecule has 4 heteroatoms. The van der Waals surface area contributed by atoms with E-state index in [1.807, 2.05) is 37.3 Å². The Hall–Kier alpha value is -2.46. The topological polar surface area (TPSA) is 51.2 Å². The Bertz CT molecular complexity index is 889. The molecule has 0 N–H and O–H groups in total. The molecule has 130 valence electrons. The van der Waals surface area contributed by atoms with E-state index in [1.165, 1.54) is 24.3 Å². The van der Waals surface area contributed by atoms with Gasteiger partial charge in [0.1, 0.15) is 5.25 Å². The van der Waals surface area contributed by atoms with E-state index < -0.39 is 20.9 Å². The molecule has 0 aromatic heterocycles. The van der Waals surface area contributed by atoms with Crippen LogP contribution >= 0.6 is 0 Å². The molecule has 2 aromatic rings. The molecule has 0 aliphatic rings. The molecule has 0 heterocycles. The Morgan fingerprint density at radius 3 is 1.92 bits per heavy atom. The van der Waals surface area contributed by atoms with E-state index in [0.717, 1.165) is 16.7 Å². The van der Waals surface area contributed by atoms with Crippen molar-refractivity contribution in [2.24, 2.45) is 0 Å². The summed E-state index contributed by atoms with van der Waals surface area (Å²) in [5, 5.41) is -1.22. The monoisotopic (exact) mass is 354 g/mol. The molecular weight excluding hydrogens is 332 g/mol. The maximum Gasteiger partial charge on any atom is 0.192 e. The van der Waals surface area contributed by atoms with Crippen molar-refractivity contribution in [2.45, 2.75) is 30.9 Å². The first-order valence-corrected chi connectivity index (χ1v) is 9.58. The first kappa shape index (κ1) is 18.9. The zero-order valence-corrected chi connectivity index (χ0v) is 15.5. The van der Waals surface area contributed by atoms with Crippen LogP contribution in [0.15, 0.2) is 83.3 Å². The highest BCUT2D eigenvalue weighted by Crippen LogP contribution is 2.21. The van der Waals surface area contributed by atoms with E-state index in [1.54, 1.807) is 32.0 Å². The Morgan fingerprint density at radius 2 is 1.40 bits per heavy atom. The van der Waals surface area contributed by atoms with Gasteiger partial charge < -0.3 is 0 Å². The SMILES string of the molecule is CC(C)=CC(C(=O)/C=C(\C)c1ccccc1)S(=O)(=O)c1ccccc1. The number of sulfone groups is 1. The molecule has 0 amide bonds. The smallest absolute Gasteiger partial charge is 0.192 e. The minimum Gasteiger partial charge on any atom is -0.293 e. The molecule has 25 heavy (non-hydrogen) atoms. The lowest BCUT2D eigenvalue weighted by molar-refractivity contribution is -0.113. The van der Waals surface area contributed by atoms with Crippen molar-refractivity contribution in [1.82, 2.24) is 0 Å². The molecule has 0 fully saturated rings. The molecule has 0 saturated heterocycles. The van der Waals surface area contributed by atoms with Gasteiger partial charge in [0.15, 0.2) is 15.6 Å². The molecule has 1 unspecified atom stereocenters. The Balaban J connectivity index is 2.45. The zero-order valence-electron chi connectivity index (χ0n) is 14.6. The lowest BCUT2D eigenvalue weighted by atomic mass is 10.0. The van der Waals surface area contributed by atoms with Gasteiger partial charge in [-0.3, -0.25) is 4.79 Å². The van der Waals surface area contributed by atoms with E-state index in [4.69, 9.17) is 0 Å². The summed E-state index contributed by atoms with van der Waals surface area (Å²) in [6.07, 6.45) is 2.93. The number of benzene rings is 2. The number of hydrogen-bond donors (Lipinski definition) is 0. The minimum absolute atomic E-state index is 0.150. The van der Waals surface area contributed by atoms with Crippen LogP contribution in [0, 0.1) is 0 Å². The van der Waals surface area contributed by atoms with Gasteiger partial charge in [-0.1, -0.05) is 60.2 Å². The quantitative estimate of drug-likeness (QED) is 0.568. The zero-order chi connectivity index (χ0) is 18.4. The van der Waals surface area contributed by atoms with Crippen molar-refractivity contribution in [2.75, 3.05) is 0 Å². The predicted octanol–water partition coefficient (Wildman–Crippen LogP) is 4.47. The largest absolute Gasteiger partial charge is 0.293 e. The fraction of sp³-hybridized carbons (Fsp3) is 0.190. The van der Waals surface area contributed by atoms with Gasteiger partial charge in [0.05, 0.1) is 4.90 Å². The van der Waals surface area contributed by atoms with Crippen LogP contribution in [-0.2, 0) is 14.6 Å². The molecular formula is C21H22O3S. The molecule has 0 bridgehead atoms. The summed E-state index contributed by atoms with van der Waals surface area (Å²) in [4.78, 5) is 12.9. The normalized spacial score (nSPS) is 13.2. The molecule has 0 saturated carbocycles. The van der Waals surface area contributed by atoms with Crippen molar-refractivity contribution in [1.29, 1.82) is 0 Å². The van der Waals surface area contributed by atoms with Gasteiger partial charge in [-0.25, -0.2) is 8.42 Å². The highest BCUT2D eigenvalue weighted by Gasteiger charge is 2.30. The van der Waals surface area contributed by atoms with Crippen molar-refractivity contribution >= 4 is 21.2 Å². The van der Waals surface area contributed by atoms with Crippen LogP contribution in [0.3, 0.4) is 0 Å². The van der Waals surface area contributed by atoms with Crippen molar-refractivity contribution in [3.8, 4) is 0 Å². The van der Waals surface area contributed by atoms with Crippen molar-refractivity contribution in [3.63, 3.8) is 0 Å². The lowest BCUT2D eigenvalue weighted by Gasteiger charge is -2.13. The van der Waals surface area contributed by atoms with Crippen LogP contribution in [0.4, 0.5) is 0 Å².